The first kappa shape index (κ1) is 19.3. The number of para-hydroxylation sites is 1. The molecule has 0 saturated heterocycles. The first-order valence-corrected chi connectivity index (χ1v) is 10.6. The van der Waals surface area contributed by atoms with Crippen LogP contribution in [0, 0.1) is 22.0 Å². The first-order valence-electron chi connectivity index (χ1n) is 7.28. The zero-order chi connectivity index (χ0) is 18.7. The minimum atomic E-state index is -4.13. The average Bonchev–Trinajstić information content (AvgIpc) is 2.66. The van der Waals surface area contributed by atoms with Gasteiger partial charge in [-0.25, -0.2) is 16.8 Å². The van der Waals surface area contributed by atoms with Crippen LogP contribution in [0.4, 0.5) is 5.69 Å². The maximum atomic E-state index is 12.8. The van der Waals surface area contributed by atoms with Crippen LogP contribution in [0.2, 0.25) is 0 Å². The lowest BCUT2D eigenvalue weighted by Gasteiger charge is -2.21. The molecule has 9 nitrogen and oxygen atoms in total. The summed E-state index contributed by atoms with van der Waals surface area (Å²) in [5.41, 5.74) is -0.506. The Morgan fingerprint density at radius 3 is 2.20 bits per heavy atom. The van der Waals surface area contributed by atoms with Crippen molar-refractivity contribution in [1.29, 1.82) is 0 Å². The van der Waals surface area contributed by atoms with Crippen molar-refractivity contribution in [1.82, 2.24) is 8.61 Å². The lowest BCUT2D eigenvalue weighted by atomic mass is 10.3. The molecule has 1 heterocycles. The van der Waals surface area contributed by atoms with Crippen molar-refractivity contribution < 1.29 is 21.8 Å². The van der Waals surface area contributed by atoms with E-state index in [1.807, 2.05) is 0 Å². The van der Waals surface area contributed by atoms with Gasteiger partial charge in [-0.2, -0.15) is 8.61 Å². The Kier molecular flexibility index (Phi) is 5.79. The van der Waals surface area contributed by atoms with Gasteiger partial charge in [-0.15, -0.1) is 0 Å². The summed E-state index contributed by atoms with van der Waals surface area (Å²) in [6, 6.07) is 5.10. The fourth-order valence-corrected chi connectivity index (χ4v) is 4.62. The number of nitro benzene ring substituents is 1. The normalized spacial score (nSPS) is 17.6. The van der Waals surface area contributed by atoms with Gasteiger partial charge >= 0.3 is 0 Å². The van der Waals surface area contributed by atoms with Crippen LogP contribution in [0.3, 0.4) is 0 Å². The van der Waals surface area contributed by atoms with E-state index in [1.165, 1.54) is 22.5 Å². The molecule has 0 amide bonds. The van der Waals surface area contributed by atoms with Gasteiger partial charge in [0, 0.05) is 19.2 Å². The van der Waals surface area contributed by atoms with Crippen LogP contribution in [-0.2, 0) is 20.0 Å². The van der Waals surface area contributed by atoms with Crippen molar-refractivity contribution in [3.8, 4) is 11.8 Å². The van der Waals surface area contributed by atoms with Crippen molar-refractivity contribution in [2.75, 3.05) is 32.4 Å². The summed E-state index contributed by atoms with van der Waals surface area (Å²) in [6.07, 6.45) is 1.31. The Labute approximate surface area is 146 Å². The van der Waals surface area contributed by atoms with Gasteiger partial charge in [0.05, 0.1) is 24.3 Å². The molecular formula is C14H17N3O6S2. The van der Waals surface area contributed by atoms with E-state index < -0.39 is 35.6 Å². The van der Waals surface area contributed by atoms with Crippen molar-refractivity contribution in [3.05, 3.63) is 34.4 Å². The third-order valence-corrected chi connectivity index (χ3v) is 6.74. The van der Waals surface area contributed by atoms with Gasteiger partial charge in [0.25, 0.3) is 15.7 Å². The SMILES string of the molecule is CS(=O)(=O)N1CC#CCN(S(=O)(=O)c2ccccc2[N+](=O)[O-])CCC1. The number of nitrogens with zero attached hydrogens (tertiary/aromatic N) is 3. The van der Waals surface area contributed by atoms with Crippen molar-refractivity contribution in [2.45, 2.75) is 11.3 Å². The van der Waals surface area contributed by atoms with Gasteiger partial charge in [-0.05, 0) is 12.5 Å². The van der Waals surface area contributed by atoms with E-state index in [0.717, 1.165) is 16.6 Å². The third kappa shape index (κ3) is 4.55. The Bertz CT molecular complexity index is 931. The van der Waals surface area contributed by atoms with Crippen LogP contribution in [0.15, 0.2) is 29.2 Å². The minimum Gasteiger partial charge on any atom is -0.258 e. The van der Waals surface area contributed by atoms with Gasteiger partial charge in [0.2, 0.25) is 10.0 Å². The van der Waals surface area contributed by atoms with Crippen LogP contribution < -0.4 is 0 Å². The van der Waals surface area contributed by atoms with E-state index in [9.17, 15) is 26.9 Å². The standard InChI is InChI=1S/C14H17N3O6S2/c1-24(20,21)15-9-4-5-10-16(12-6-11-15)25(22,23)14-8-3-2-7-13(14)17(18)19/h2-3,7-8H,6,9-12H2,1H3. The Morgan fingerprint density at radius 2 is 1.60 bits per heavy atom. The molecule has 0 radical (unpaired) electrons. The highest BCUT2D eigenvalue weighted by Gasteiger charge is 2.31. The quantitative estimate of drug-likeness (QED) is 0.415. The number of rotatable bonds is 4. The van der Waals surface area contributed by atoms with E-state index in [-0.39, 0.29) is 32.6 Å². The monoisotopic (exact) mass is 387 g/mol. The zero-order valence-electron chi connectivity index (χ0n) is 13.5. The molecular weight excluding hydrogens is 370 g/mol. The van der Waals surface area contributed by atoms with Gasteiger partial charge in [0.15, 0.2) is 4.90 Å². The fourth-order valence-electron chi connectivity index (χ4n) is 2.32. The Hall–Kier alpha value is -2.00. The van der Waals surface area contributed by atoms with Crippen molar-refractivity contribution >= 4 is 25.7 Å². The molecule has 136 valence electrons. The van der Waals surface area contributed by atoms with Crippen molar-refractivity contribution in [2.24, 2.45) is 0 Å². The summed E-state index contributed by atoms with van der Waals surface area (Å²) < 4.78 is 51.1. The van der Waals surface area contributed by atoms with Crippen LogP contribution in [0.25, 0.3) is 0 Å². The topological polar surface area (TPSA) is 118 Å². The van der Waals surface area contributed by atoms with Gasteiger partial charge in [-0.3, -0.25) is 10.1 Å². The van der Waals surface area contributed by atoms with Gasteiger partial charge < -0.3 is 0 Å². The van der Waals surface area contributed by atoms with Gasteiger partial charge in [-0.1, -0.05) is 24.0 Å². The Balaban J connectivity index is 2.32. The molecule has 1 aromatic rings. The van der Waals surface area contributed by atoms with E-state index in [4.69, 9.17) is 0 Å². The predicted octanol–water partition coefficient (Wildman–Crippen LogP) is 0.254. The summed E-state index contributed by atoms with van der Waals surface area (Å²) >= 11 is 0. The lowest BCUT2D eigenvalue weighted by Crippen LogP contribution is -2.35. The van der Waals surface area contributed by atoms with E-state index in [2.05, 4.69) is 11.8 Å². The number of nitro groups is 1. The molecule has 0 fully saturated rings. The smallest absolute Gasteiger partial charge is 0.258 e. The van der Waals surface area contributed by atoms with Gasteiger partial charge in [0.1, 0.15) is 0 Å². The molecule has 1 aliphatic heterocycles. The van der Waals surface area contributed by atoms with Crippen molar-refractivity contribution in [3.63, 3.8) is 0 Å². The van der Waals surface area contributed by atoms with Crippen LogP contribution >= 0.6 is 0 Å². The first-order chi connectivity index (χ1) is 11.6. The molecule has 11 heteroatoms. The second kappa shape index (κ2) is 7.49. The molecule has 25 heavy (non-hydrogen) atoms. The van der Waals surface area contributed by atoms with Crippen LogP contribution in [0.1, 0.15) is 6.42 Å². The highest BCUT2D eigenvalue weighted by molar-refractivity contribution is 7.89. The Morgan fingerprint density at radius 1 is 1.04 bits per heavy atom. The van der Waals surface area contributed by atoms with Crippen LogP contribution in [0.5, 0.6) is 0 Å². The lowest BCUT2D eigenvalue weighted by molar-refractivity contribution is -0.387. The molecule has 1 aliphatic rings. The third-order valence-electron chi connectivity index (χ3n) is 3.60. The maximum absolute atomic E-state index is 12.8. The highest BCUT2D eigenvalue weighted by Crippen LogP contribution is 2.26. The van der Waals surface area contributed by atoms with E-state index in [1.54, 1.807) is 0 Å². The molecule has 0 saturated carbocycles. The predicted molar refractivity (Wildman–Crippen MR) is 90.7 cm³/mol. The average molecular weight is 387 g/mol. The minimum absolute atomic E-state index is 0.00901. The van der Waals surface area contributed by atoms with E-state index >= 15 is 0 Å². The molecule has 0 atom stereocenters. The second-order valence-corrected chi connectivity index (χ2v) is 9.26. The van der Waals surface area contributed by atoms with E-state index in [0.29, 0.717) is 0 Å². The second-order valence-electron chi connectivity index (χ2n) is 5.37. The number of hydrogen-bond donors (Lipinski definition) is 0. The summed E-state index contributed by atoms with van der Waals surface area (Å²) in [6.45, 7) is -0.0459. The number of hydrogen-bond acceptors (Lipinski definition) is 6. The number of benzene rings is 1. The maximum Gasteiger partial charge on any atom is 0.289 e. The summed E-state index contributed by atoms with van der Waals surface area (Å²) in [5, 5.41) is 11.1. The molecule has 0 aromatic heterocycles. The largest absolute Gasteiger partial charge is 0.289 e. The zero-order valence-corrected chi connectivity index (χ0v) is 15.1. The summed E-state index contributed by atoms with van der Waals surface area (Å²) in [5.74, 6) is 5.26. The molecule has 0 unspecified atom stereocenters. The molecule has 0 bridgehead atoms. The summed E-state index contributed by atoms with van der Waals surface area (Å²) in [7, 11) is -7.56. The number of sulfonamides is 2. The fraction of sp³-hybridized carbons (Fsp3) is 0.429. The summed E-state index contributed by atoms with van der Waals surface area (Å²) in [4.78, 5) is 9.95. The molecule has 2 rings (SSSR count). The molecule has 0 aliphatic carbocycles. The molecule has 1 aromatic carbocycles. The highest BCUT2D eigenvalue weighted by atomic mass is 32.2. The molecule has 0 spiro atoms. The van der Waals surface area contributed by atoms with Crippen LogP contribution in [-0.4, -0.2) is 62.8 Å². The molecule has 0 N–H and O–H groups in total.